The van der Waals surface area contributed by atoms with Gasteiger partial charge in [0.15, 0.2) is 16.3 Å². The van der Waals surface area contributed by atoms with Crippen LogP contribution in [0.25, 0.3) is 6.08 Å². The maximum absolute atomic E-state index is 13.8. The number of methoxy groups -OCH3 is 4. The summed E-state index contributed by atoms with van der Waals surface area (Å²) in [5.74, 6) is 1.40. The predicted molar refractivity (Wildman–Crippen MR) is 139 cm³/mol. The number of allylic oxidation sites excluding steroid dienone is 1. The van der Waals surface area contributed by atoms with Crippen LogP contribution in [0.15, 0.2) is 57.5 Å². The van der Waals surface area contributed by atoms with Gasteiger partial charge < -0.3 is 23.7 Å². The van der Waals surface area contributed by atoms with E-state index in [1.165, 1.54) is 37.2 Å². The quantitative estimate of drug-likeness (QED) is 0.418. The molecule has 0 fully saturated rings. The minimum Gasteiger partial charge on any atom is -0.496 e. The van der Waals surface area contributed by atoms with Crippen molar-refractivity contribution in [3.8, 4) is 23.0 Å². The summed E-state index contributed by atoms with van der Waals surface area (Å²) in [5.41, 5.74) is 1.80. The van der Waals surface area contributed by atoms with Crippen molar-refractivity contribution < 1.29 is 28.5 Å². The maximum atomic E-state index is 13.8. The van der Waals surface area contributed by atoms with Crippen LogP contribution < -0.4 is 33.8 Å². The van der Waals surface area contributed by atoms with Crippen LogP contribution in [0.2, 0.25) is 0 Å². The Morgan fingerprint density at radius 3 is 2.27 bits per heavy atom. The number of benzene rings is 2. The van der Waals surface area contributed by atoms with Gasteiger partial charge in [0.05, 0.1) is 50.8 Å². The Bertz CT molecular complexity index is 1530. The third-order valence-electron chi connectivity index (χ3n) is 5.94. The lowest BCUT2D eigenvalue weighted by Crippen LogP contribution is -2.40. The number of esters is 1. The molecule has 1 atom stereocenters. The molecule has 1 aliphatic heterocycles. The minimum atomic E-state index is -0.770. The third-order valence-corrected chi connectivity index (χ3v) is 6.92. The van der Waals surface area contributed by atoms with Gasteiger partial charge in [0.1, 0.15) is 11.8 Å². The van der Waals surface area contributed by atoms with Crippen molar-refractivity contribution in [2.45, 2.75) is 19.9 Å². The van der Waals surface area contributed by atoms with Gasteiger partial charge in [0, 0.05) is 5.56 Å². The first kappa shape index (κ1) is 26.0. The number of para-hydroxylation sites is 1. The summed E-state index contributed by atoms with van der Waals surface area (Å²) in [5, 5.41) is 0. The second-order valence-electron chi connectivity index (χ2n) is 8.00. The lowest BCUT2D eigenvalue weighted by Gasteiger charge is -2.25. The van der Waals surface area contributed by atoms with Crippen molar-refractivity contribution in [2.75, 3.05) is 35.0 Å². The van der Waals surface area contributed by atoms with E-state index in [-0.39, 0.29) is 17.7 Å². The zero-order valence-corrected chi connectivity index (χ0v) is 22.3. The molecule has 0 N–H and O–H groups in total. The van der Waals surface area contributed by atoms with Crippen LogP contribution in [0.1, 0.15) is 31.0 Å². The molecule has 0 saturated heterocycles. The zero-order valence-electron chi connectivity index (χ0n) is 21.5. The number of ether oxygens (including phenoxy) is 5. The van der Waals surface area contributed by atoms with E-state index in [0.717, 1.165) is 0 Å². The topological polar surface area (TPSA) is 97.6 Å². The maximum Gasteiger partial charge on any atom is 0.338 e. The van der Waals surface area contributed by atoms with Gasteiger partial charge >= 0.3 is 5.97 Å². The number of carbonyl (C=O) groups excluding carboxylic acids is 1. The molecule has 2 aromatic carbocycles. The molecule has 4 rings (SSSR count). The third kappa shape index (κ3) is 4.72. The van der Waals surface area contributed by atoms with Crippen molar-refractivity contribution in [2.24, 2.45) is 4.99 Å². The molecule has 0 saturated carbocycles. The monoisotopic (exact) mass is 524 g/mol. The molecular weight excluding hydrogens is 496 g/mol. The standard InChI is InChI=1S/C27H28N2O7S/c1-7-36-26(31)22-15(2)28-27-29(23(22)17-10-8-9-11-18(17)32-3)25(30)21(37-27)14-16-12-19(33-4)24(35-6)20(13-16)34-5/h8-14,23H,7H2,1-6H3. The normalized spacial score (nSPS) is 15.1. The number of rotatable bonds is 8. The summed E-state index contributed by atoms with van der Waals surface area (Å²) in [6, 6.07) is 10.0. The lowest BCUT2D eigenvalue weighted by atomic mass is 9.95. The first-order valence-electron chi connectivity index (χ1n) is 11.5. The largest absolute Gasteiger partial charge is 0.496 e. The van der Waals surface area contributed by atoms with E-state index in [9.17, 15) is 9.59 Å². The van der Waals surface area contributed by atoms with E-state index in [1.807, 2.05) is 18.2 Å². The molecule has 37 heavy (non-hydrogen) atoms. The van der Waals surface area contributed by atoms with Crippen molar-refractivity contribution in [3.63, 3.8) is 0 Å². The fourth-order valence-electron chi connectivity index (χ4n) is 4.31. The molecule has 10 heteroatoms. The molecule has 0 bridgehead atoms. The lowest BCUT2D eigenvalue weighted by molar-refractivity contribution is -0.139. The molecule has 0 spiro atoms. The molecule has 1 aliphatic rings. The van der Waals surface area contributed by atoms with Gasteiger partial charge in [-0.1, -0.05) is 29.5 Å². The fourth-order valence-corrected chi connectivity index (χ4v) is 5.36. The predicted octanol–water partition coefficient (Wildman–Crippen LogP) is 2.83. The van der Waals surface area contributed by atoms with E-state index >= 15 is 0 Å². The highest BCUT2D eigenvalue weighted by atomic mass is 32.1. The highest BCUT2D eigenvalue weighted by molar-refractivity contribution is 7.07. The molecule has 0 amide bonds. The molecule has 194 valence electrons. The van der Waals surface area contributed by atoms with E-state index in [2.05, 4.69) is 4.99 Å². The van der Waals surface area contributed by atoms with Crippen LogP contribution in [-0.2, 0) is 9.53 Å². The first-order valence-corrected chi connectivity index (χ1v) is 12.3. The van der Waals surface area contributed by atoms with Crippen molar-refractivity contribution in [3.05, 3.63) is 78.5 Å². The highest BCUT2D eigenvalue weighted by Crippen LogP contribution is 2.38. The van der Waals surface area contributed by atoms with Crippen LogP contribution in [-0.4, -0.2) is 45.6 Å². The smallest absolute Gasteiger partial charge is 0.338 e. The fraction of sp³-hybridized carbons (Fsp3) is 0.296. The summed E-state index contributed by atoms with van der Waals surface area (Å²) >= 11 is 1.22. The molecule has 0 radical (unpaired) electrons. The Labute approximate surface area is 217 Å². The number of hydrogen-bond acceptors (Lipinski definition) is 9. The number of thiazole rings is 1. The van der Waals surface area contributed by atoms with Gasteiger partial charge in [-0.25, -0.2) is 9.79 Å². The molecule has 3 aromatic rings. The molecule has 1 unspecified atom stereocenters. The van der Waals surface area contributed by atoms with Gasteiger partial charge in [0.2, 0.25) is 5.75 Å². The van der Waals surface area contributed by atoms with Crippen LogP contribution >= 0.6 is 11.3 Å². The summed E-state index contributed by atoms with van der Waals surface area (Å²) in [4.78, 5) is 32.0. The number of hydrogen-bond donors (Lipinski definition) is 0. The number of nitrogens with zero attached hydrogens (tertiary/aromatic N) is 2. The zero-order chi connectivity index (χ0) is 26.7. The summed E-state index contributed by atoms with van der Waals surface area (Å²) in [6.07, 6.45) is 1.73. The van der Waals surface area contributed by atoms with E-state index in [0.29, 0.717) is 49.2 Å². The minimum absolute atomic E-state index is 0.194. The van der Waals surface area contributed by atoms with Gasteiger partial charge in [-0.05, 0) is 43.7 Å². The van der Waals surface area contributed by atoms with Crippen LogP contribution in [0, 0.1) is 0 Å². The van der Waals surface area contributed by atoms with Crippen molar-refractivity contribution >= 4 is 23.4 Å². The average Bonchev–Trinajstić information content (AvgIpc) is 3.21. The van der Waals surface area contributed by atoms with Gasteiger partial charge in [-0.2, -0.15) is 0 Å². The van der Waals surface area contributed by atoms with E-state index in [1.54, 1.807) is 45.2 Å². The van der Waals surface area contributed by atoms with E-state index < -0.39 is 12.0 Å². The van der Waals surface area contributed by atoms with Gasteiger partial charge in [0.25, 0.3) is 5.56 Å². The van der Waals surface area contributed by atoms with Crippen LogP contribution in [0.5, 0.6) is 23.0 Å². The molecule has 1 aromatic heterocycles. The molecule has 0 aliphatic carbocycles. The number of fused-ring (bicyclic) bond motifs is 1. The van der Waals surface area contributed by atoms with Gasteiger partial charge in [-0.3, -0.25) is 9.36 Å². The molecule has 9 nitrogen and oxygen atoms in total. The van der Waals surface area contributed by atoms with E-state index in [4.69, 9.17) is 23.7 Å². The molecular formula is C27H28N2O7S. The summed E-state index contributed by atoms with van der Waals surface area (Å²) in [7, 11) is 6.14. The van der Waals surface area contributed by atoms with Crippen molar-refractivity contribution in [1.29, 1.82) is 0 Å². The number of carbonyl (C=O) groups is 1. The Hall–Kier alpha value is -4.05. The summed E-state index contributed by atoms with van der Waals surface area (Å²) in [6.45, 7) is 3.67. The second-order valence-corrected chi connectivity index (χ2v) is 9.01. The Morgan fingerprint density at radius 1 is 1.03 bits per heavy atom. The molecule has 2 heterocycles. The van der Waals surface area contributed by atoms with Crippen LogP contribution in [0.4, 0.5) is 0 Å². The first-order chi connectivity index (χ1) is 17.9. The Morgan fingerprint density at radius 2 is 1.68 bits per heavy atom. The second kappa shape index (κ2) is 10.9. The highest BCUT2D eigenvalue weighted by Gasteiger charge is 2.35. The SMILES string of the molecule is CCOC(=O)C1=C(C)N=c2sc(=Cc3cc(OC)c(OC)c(OC)c3)c(=O)n2C1c1ccccc1OC. The van der Waals surface area contributed by atoms with Crippen molar-refractivity contribution in [1.82, 2.24) is 4.57 Å². The average molecular weight is 525 g/mol. The van der Waals surface area contributed by atoms with Gasteiger partial charge in [-0.15, -0.1) is 0 Å². The Kier molecular flexibility index (Phi) is 7.68. The number of aromatic nitrogens is 1. The Balaban J connectivity index is 1.98. The summed E-state index contributed by atoms with van der Waals surface area (Å²) < 4.78 is 29.2. The van der Waals surface area contributed by atoms with Crippen LogP contribution in [0.3, 0.4) is 0 Å².